The van der Waals surface area contributed by atoms with Crippen molar-refractivity contribution < 1.29 is 4.79 Å². The number of thioether (sulfide) groups is 1. The lowest BCUT2D eigenvalue weighted by atomic mass is 10.3. The molecule has 0 bridgehead atoms. The normalized spacial score (nSPS) is 15.8. The van der Waals surface area contributed by atoms with Gasteiger partial charge in [-0.3, -0.25) is 9.20 Å². The van der Waals surface area contributed by atoms with Gasteiger partial charge in [-0.2, -0.15) is 0 Å². The van der Waals surface area contributed by atoms with E-state index in [1.54, 1.807) is 0 Å². The van der Waals surface area contributed by atoms with Crippen molar-refractivity contribution in [1.82, 2.24) is 24.9 Å². The van der Waals surface area contributed by atoms with Crippen molar-refractivity contribution in [3.05, 3.63) is 35.0 Å². The third-order valence-electron chi connectivity index (χ3n) is 4.38. The number of amides is 1. The van der Waals surface area contributed by atoms with Crippen LogP contribution in [0.3, 0.4) is 0 Å². The van der Waals surface area contributed by atoms with Gasteiger partial charge in [0.05, 0.1) is 21.8 Å². The number of pyridine rings is 1. The van der Waals surface area contributed by atoms with E-state index in [1.165, 1.54) is 11.8 Å². The zero-order valence-corrected chi connectivity index (χ0v) is 18.0. The van der Waals surface area contributed by atoms with Crippen LogP contribution < -0.4 is 10.6 Å². The predicted octanol–water partition coefficient (Wildman–Crippen LogP) is 2.46. The molecule has 4 heterocycles. The van der Waals surface area contributed by atoms with Crippen LogP contribution in [0.2, 0.25) is 0 Å². The van der Waals surface area contributed by atoms with Crippen molar-refractivity contribution in [2.24, 2.45) is 0 Å². The van der Waals surface area contributed by atoms with E-state index in [4.69, 9.17) is 0 Å². The molecule has 0 radical (unpaired) electrons. The molecule has 0 unspecified atom stereocenters. The summed E-state index contributed by atoms with van der Waals surface area (Å²) in [5.74, 6) is 0.00441. The summed E-state index contributed by atoms with van der Waals surface area (Å²) < 4.78 is 2.08. The molecule has 2 N–H and O–H groups in total. The third-order valence-corrected chi connectivity index (χ3v) is 5.44. The molecular formula is C17H24Cl3N5OS. The van der Waals surface area contributed by atoms with Crippen LogP contribution in [0.15, 0.2) is 34.3 Å². The number of rotatable bonds is 5. The van der Waals surface area contributed by atoms with Gasteiger partial charge >= 0.3 is 0 Å². The third kappa shape index (κ3) is 5.53. The highest BCUT2D eigenvalue weighted by Crippen LogP contribution is 2.34. The molecule has 0 spiro atoms. The molecule has 2 aliphatic rings. The van der Waals surface area contributed by atoms with Crippen LogP contribution >= 0.6 is 49.0 Å². The maximum Gasteiger partial charge on any atom is 0.258 e. The Balaban J connectivity index is 0.00000121. The zero-order valence-electron chi connectivity index (χ0n) is 14.7. The van der Waals surface area contributed by atoms with Crippen molar-refractivity contribution in [3.8, 4) is 0 Å². The molecule has 1 amide bonds. The fourth-order valence-corrected chi connectivity index (χ4v) is 4.13. The van der Waals surface area contributed by atoms with Crippen molar-refractivity contribution >= 4 is 66.6 Å². The molecule has 2 aliphatic heterocycles. The molecule has 6 nitrogen and oxygen atoms in total. The number of carbonyl (C=O) groups excluding carboxylic acids is 1. The van der Waals surface area contributed by atoms with E-state index in [-0.39, 0.29) is 43.1 Å². The van der Waals surface area contributed by atoms with Gasteiger partial charge in [0.1, 0.15) is 5.65 Å². The molecule has 2 aromatic heterocycles. The van der Waals surface area contributed by atoms with E-state index in [1.807, 2.05) is 30.5 Å². The number of carbonyl (C=O) groups is 1. The van der Waals surface area contributed by atoms with Gasteiger partial charge in [0.25, 0.3) is 5.91 Å². The Kier molecular flexibility index (Phi) is 9.94. The van der Waals surface area contributed by atoms with Gasteiger partial charge in [0.2, 0.25) is 0 Å². The molecule has 0 aromatic carbocycles. The van der Waals surface area contributed by atoms with Crippen LogP contribution in [0.5, 0.6) is 0 Å². The minimum Gasteiger partial charge on any atom is -0.352 e. The first kappa shape index (κ1) is 24.1. The van der Waals surface area contributed by atoms with Crippen LogP contribution in [-0.2, 0) is 4.79 Å². The molecule has 0 atom stereocenters. The molecule has 1 saturated heterocycles. The Hall–Kier alpha value is -0.960. The van der Waals surface area contributed by atoms with E-state index >= 15 is 0 Å². The lowest BCUT2D eigenvalue weighted by Crippen LogP contribution is -2.44. The molecule has 0 saturated carbocycles. The highest BCUT2D eigenvalue weighted by molar-refractivity contribution is 8.04. The van der Waals surface area contributed by atoms with E-state index in [9.17, 15) is 4.79 Å². The molecule has 2 aromatic rings. The summed E-state index contributed by atoms with van der Waals surface area (Å²) in [7, 11) is 0. The van der Waals surface area contributed by atoms with Gasteiger partial charge in [0.15, 0.2) is 0 Å². The van der Waals surface area contributed by atoms with Gasteiger partial charge in [-0.05, 0) is 31.2 Å². The zero-order chi connectivity index (χ0) is 16.4. The summed E-state index contributed by atoms with van der Waals surface area (Å²) in [6.45, 7) is 6.08. The second-order valence-electron chi connectivity index (χ2n) is 6.05. The first-order valence-electron chi connectivity index (χ1n) is 8.38. The average molecular weight is 453 g/mol. The Labute approximate surface area is 181 Å². The fraction of sp³-hybridized carbons (Fsp3) is 0.412. The van der Waals surface area contributed by atoms with E-state index in [0.717, 1.165) is 60.4 Å². The smallest absolute Gasteiger partial charge is 0.258 e. The van der Waals surface area contributed by atoms with Crippen LogP contribution in [0.1, 0.15) is 12.1 Å². The van der Waals surface area contributed by atoms with Gasteiger partial charge in [-0.25, -0.2) is 4.98 Å². The number of piperazine rings is 1. The SMILES string of the molecule is Cl.Cl.Cl.O=C(NCCCN1CCNCC1)C1=Cc2cnc3cccc(n23)S1. The van der Waals surface area contributed by atoms with E-state index < -0.39 is 0 Å². The van der Waals surface area contributed by atoms with Crippen LogP contribution in [0.25, 0.3) is 11.7 Å². The highest BCUT2D eigenvalue weighted by atomic mass is 35.5. The van der Waals surface area contributed by atoms with Crippen LogP contribution in [0.4, 0.5) is 0 Å². The second kappa shape index (κ2) is 11.1. The molecule has 1 fully saturated rings. The topological polar surface area (TPSA) is 61.7 Å². The fourth-order valence-electron chi connectivity index (χ4n) is 3.13. The lowest BCUT2D eigenvalue weighted by Gasteiger charge is -2.27. The summed E-state index contributed by atoms with van der Waals surface area (Å²) in [5.41, 5.74) is 1.88. The minimum atomic E-state index is 0. The summed E-state index contributed by atoms with van der Waals surface area (Å²) in [5, 5.41) is 7.43. The molecule has 0 aliphatic carbocycles. The Morgan fingerprint density at radius 3 is 2.78 bits per heavy atom. The Bertz CT molecular complexity index is 792. The number of aromatic nitrogens is 2. The predicted molar refractivity (Wildman–Crippen MR) is 118 cm³/mol. The number of imidazole rings is 1. The largest absolute Gasteiger partial charge is 0.352 e. The maximum absolute atomic E-state index is 12.4. The van der Waals surface area contributed by atoms with Crippen molar-refractivity contribution in [1.29, 1.82) is 0 Å². The summed E-state index contributed by atoms with van der Waals surface area (Å²) in [6, 6.07) is 5.97. The number of hydrogen-bond donors (Lipinski definition) is 2. The number of nitrogens with one attached hydrogen (secondary N) is 2. The summed E-state index contributed by atoms with van der Waals surface area (Å²) in [4.78, 5) is 20.0. The van der Waals surface area contributed by atoms with Gasteiger partial charge in [-0.1, -0.05) is 17.8 Å². The van der Waals surface area contributed by atoms with Gasteiger partial charge in [-0.15, -0.1) is 37.2 Å². The minimum absolute atomic E-state index is 0. The molecule has 27 heavy (non-hydrogen) atoms. The van der Waals surface area contributed by atoms with Crippen LogP contribution in [0, 0.1) is 0 Å². The Morgan fingerprint density at radius 2 is 2.00 bits per heavy atom. The second-order valence-corrected chi connectivity index (χ2v) is 7.11. The first-order valence-corrected chi connectivity index (χ1v) is 9.20. The van der Waals surface area contributed by atoms with Crippen LogP contribution in [-0.4, -0.2) is 59.5 Å². The van der Waals surface area contributed by atoms with Gasteiger partial charge < -0.3 is 15.5 Å². The first-order chi connectivity index (χ1) is 11.8. The van der Waals surface area contributed by atoms with Crippen molar-refractivity contribution in [3.63, 3.8) is 0 Å². The van der Waals surface area contributed by atoms with Crippen molar-refractivity contribution in [2.75, 3.05) is 39.3 Å². The monoisotopic (exact) mass is 451 g/mol. The highest BCUT2D eigenvalue weighted by Gasteiger charge is 2.19. The maximum atomic E-state index is 12.4. The number of halogens is 3. The van der Waals surface area contributed by atoms with E-state index in [2.05, 4.69) is 24.9 Å². The average Bonchev–Trinajstić information content (AvgIpc) is 3.04. The summed E-state index contributed by atoms with van der Waals surface area (Å²) >= 11 is 1.50. The van der Waals surface area contributed by atoms with Gasteiger partial charge in [0, 0.05) is 32.7 Å². The quantitative estimate of drug-likeness (QED) is 0.682. The molecule has 150 valence electrons. The van der Waals surface area contributed by atoms with E-state index in [0.29, 0.717) is 6.54 Å². The summed E-state index contributed by atoms with van der Waals surface area (Å²) in [6.07, 6.45) is 4.72. The lowest BCUT2D eigenvalue weighted by molar-refractivity contribution is -0.116. The molecular weight excluding hydrogens is 429 g/mol. The van der Waals surface area contributed by atoms with Crippen molar-refractivity contribution in [2.45, 2.75) is 11.4 Å². The Morgan fingerprint density at radius 1 is 1.22 bits per heavy atom. The molecule has 4 rings (SSSR count). The molecule has 10 heteroatoms. The standard InChI is InChI=1S/C17H21N5OS.3ClH/c23-17(19-5-2-8-21-9-6-18-7-10-21)14-11-13-12-20-15-3-1-4-16(24-14)22(13)15;;;/h1,3-4,11-12,18H,2,5-10H2,(H,19,23);3*1H. The number of hydrogen-bond acceptors (Lipinski definition) is 5. The number of nitrogens with zero attached hydrogens (tertiary/aromatic N) is 3.